The Balaban J connectivity index is 1.28. The number of ether oxygens (including phenoxy) is 1. The van der Waals surface area contributed by atoms with Crippen molar-refractivity contribution in [2.75, 3.05) is 26.7 Å². The lowest BCUT2D eigenvalue weighted by Gasteiger charge is -2.26. The zero-order valence-corrected chi connectivity index (χ0v) is 17.0. The first-order chi connectivity index (χ1) is 14.2. The number of H-pyrrole nitrogens is 1. The molecule has 0 amide bonds. The van der Waals surface area contributed by atoms with Gasteiger partial charge in [0.25, 0.3) is 0 Å². The number of aromatic nitrogens is 1. The number of hydrogen-bond acceptors (Lipinski definition) is 3. The van der Waals surface area contributed by atoms with Gasteiger partial charge in [0.2, 0.25) is 0 Å². The van der Waals surface area contributed by atoms with Gasteiger partial charge in [0.05, 0.1) is 12.7 Å². The summed E-state index contributed by atoms with van der Waals surface area (Å²) in [5.41, 5.74) is 5.79. The number of hydrogen-bond donors (Lipinski definition) is 1. The number of aryl methyl sites for hydroxylation is 1. The van der Waals surface area contributed by atoms with Crippen molar-refractivity contribution in [3.63, 3.8) is 0 Å². The molecule has 3 aromatic rings. The van der Waals surface area contributed by atoms with E-state index in [0.29, 0.717) is 5.56 Å². The Labute approximate surface area is 172 Å². The first-order valence-electron chi connectivity index (χ1n) is 10.4. The normalized spacial score (nSPS) is 14.7. The number of esters is 1. The van der Waals surface area contributed by atoms with Gasteiger partial charge in [-0.25, -0.2) is 4.79 Å². The van der Waals surface area contributed by atoms with Crippen LogP contribution in [0.25, 0.3) is 16.5 Å². The van der Waals surface area contributed by atoms with E-state index in [-0.39, 0.29) is 5.97 Å². The summed E-state index contributed by atoms with van der Waals surface area (Å²) < 4.78 is 4.84. The first-order valence-corrected chi connectivity index (χ1v) is 10.4. The van der Waals surface area contributed by atoms with E-state index in [9.17, 15) is 4.79 Å². The van der Waals surface area contributed by atoms with E-state index < -0.39 is 0 Å². The van der Waals surface area contributed by atoms with Crippen LogP contribution >= 0.6 is 0 Å². The van der Waals surface area contributed by atoms with E-state index >= 15 is 0 Å². The van der Waals surface area contributed by atoms with Crippen molar-refractivity contribution in [2.24, 2.45) is 0 Å². The molecule has 2 heterocycles. The van der Waals surface area contributed by atoms with Crippen LogP contribution in [0.5, 0.6) is 0 Å². The number of nitrogens with zero attached hydrogens (tertiary/aromatic N) is 1. The molecule has 0 saturated carbocycles. The Morgan fingerprint density at radius 1 is 1.14 bits per heavy atom. The highest BCUT2D eigenvalue weighted by Crippen LogP contribution is 2.24. The summed E-state index contributed by atoms with van der Waals surface area (Å²) >= 11 is 0. The molecule has 150 valence electrons. The highest BCUT2D eigenvalue weighted by molar-refractivity contribution is 5.95. The van der Waals surface area contributed by atoms with Crippen LogP contribution in [0.15, 0.2) is 60.8 Å². The van der Waals surface area contributed by atoms with E-state index in [1.807, 2.05) is 18.2 Å². The van der Waals surface area contributed by atoms with Crippen molar-refractivity contribution < 1.29 is 9.53 Å². The van der Waals surface area contributed by atoms with Gasteiger partial charge < -0.3 is 9.72 Å². The van der Waals surface area contributed by atoms with E-state index in [4.69, 9.17) is 4.74 Å². The zero-order valence-electron chi connectivity index (χ0n) is 17.0. The number of fused-ring (bicyclic) bond motifs is 1. The topological polar surface area (TPSA) is 45.3 Å². The lowest BCUT2D eigenvalue weighted by atomic mass is 9.99. The Morgan fingerprint density at radius 3 is 2.76 bits per heavy atom. The van der Waals surface area contributed by atoms with Gasteiger partial charge in [-0.3, -0.25) is 4.90 Å². The maximum atomic E-state index is 11.8. The van der Waals surface area contributed by atoms with Crippen LogP contribution < -0.4 is 0 Å². The average molecular weight is 389 g/mol. The monoisotopic (exact) mass is 388 g/mol. The average Bonchev–Trinajstić information content (AvgIpc) is 3.19. The minimum absolute atomic E-state index is 0.285. The maximum Gasteiger partial charge on any atom is 0.337 e. The van der Waals surface area contributed by atoms with Crippen LogP contribution in [-0.4, -0.2) is 42.6 Å². The van der Waals surface area contributed by atoms with Crippen molar-refractivity contribution in [3.05, 3.63) is 77.5 Å². The van der Waals surface area contributed by atoms with E-state index in [1.54, 1.807) is 0 Å². The number of unbranched alkanes of at least 4 members (excludes halogenated alkanes) is 1. The molecule has 0 unspecified atom stereocenters. The molecule has 0 atom stereocenters. The highest BCUT2D eigenvalue weighted by Gasteiger charge is 2.13. The number of methoxy groups -OCH3 is 1. The molecule has 0 saturated heterocycles. The summed E-state index contributed by atoms with van der Waals surface area (Å²) in [4.78, 5) is 17.6. The van der Waals surface area contributed by atoms with E-state index in [0.717, 1.165) is 49.8 Å². The number of carbonyl (C=O) groups excluding carboxylic acids is 1. The molecular weight excluding hydrogens is 360 g/mol. The van der Waals surface area contributed by atoms with Crippen molar-refractivity contribution in [1.82, 2.24) is 9.88 Å². The van der Waals surface area contributed by atoms with Gasteiger partial charge in [-0.1, -0.05) is 36.4 Å². The van der Waals surface area contributed by atoms with Crippen molar-refractivity contribution in [3.8, 4) is 0 Å². The minimum atomic E-state index is -0.285. The lowest BCUT2D eigenvalue weighted by molar-refractivity contribution is 0.0601. The Kier molecular flexibility index (Phi) is 6.11. The molecule has 0 spiro atoms. The fourth-order valence-corrected chi connectivity index (χ4v) is 4.11. The van der Waals surface area contributed by atoms with Gasteiger partial charge in [-0.05, 0) is 67.1 Å². The molecule has 0 bridgehead atoms. The van der Waals surface area contributed by atoms with Crippen LogP contribution in [0.2, 0.25) is 0 Å². The molecule has 4 heteroatoms. The molecule has 1 aliphatic rings. The minimum Gasteiger partial charge on any atom is -0.465 e. The summed E-state index contributed by atoms with van der Waals surface area (Å²) in [6.45, 7) is 3.31. The predicted octanol–water partition coefficient (Wildman–Crippen LogP) is 5.07. The van der Waals surface area contributed by atoms with Crippen LogP contribution in [0.4, 0.5) is 0 Å². The van der Waals surface area contributed by atoms with E-state index in [2.05, 4.69) is 52.5 Å². The SMILES string of the molecule is COC(=O)c1ccc2[nH]cc(CCCCN3CC=C(c4ccccc4)CC3)c2c1. The largest absolute Gasteiger partial charge is 0.465 e. The molecule has 0 fully saturated rings. The zero-order chi connectivity index (χ0) is 20.1. The molecule has 29 heavy (non-hydrogen) atoms. The molecule has 1 aromatic heterocycles. The summed E-state index contributed by atoms with van der Waals surface area (Å²) in [6.07, 6.45) is 8.92. The van der Waals surface area contributed by atoms with Crippen LogP contribution in [0.3, 0.4) is 0 Å². The highest BCUT2D eigenvalue weighted by atomic mass is 16.5. The van der Waals surface area contributed by atoms with Gasteiger partial charge >= 0.3 is 5.97 Å². The first kappa shape index (κ1) is 19.5. The summed E-state index contributed by atoms with van der Waals surface area (Å²) in [5, 5.41) is 1.13. The van der Waals surface area contributed by atoms with Gasteiger partial charge in [-0.2, -0.15) is 0 Å². The predicted molar refractivity (Wildman–Crippen MR) is 118 cm³/mol. The van der Waals surface area contributed by atoms with Crippen LogP contribution in [0.1, 0.15) is 40.7 Å². The number of carbonyl (C=O) groups is 1. The summed E-state index contributed by atoms with van der Waals surface area (Å²) in [7, 11) is 1.42. The number of aromatic amines is 1. The smallest absolute Gasteiger partial charge is 0.337 e. The second kappa shape index (κ2) is 9.10. The molecule has 4 rings (SSSR count). The summed E-state index contributed by atoms with van der Waals surface area (Å²) in [6, 6.07) is 16.4. The van der Waals surface area contributed by atoms with Gasteiger partial charge in [0.1, 0.15) is 0 Å². The third-order valence-electron chi connectivity index (χ3n) is 5.80. The number of benzene rings is 2. The van der Waals surface area contributed by atoms with Gasteiger partial charge in [0.15, 0.2) is 0 Å². The second-order valence-electron chi connectivity index (χ2n) is 7.67. The van der Waals surface area contributed by atoms with Gasteiger partial charge in [0, 0.05) is 30.2 Å². The van der Waals surface area contributed by atoms with Crippen LogP contribution in [0, 0.1) is 0 Å². The quantitative estimate of drug-likeness (QED) is 0.454. The molecule has 0 radical (unpaired) electrons. The Morgan fingerprint density at radius 2 is 2.00 bits per heavy atom. The fourth-order valence-electron chi connectivity index (χ4n) is 4.11. The van der Waals surface area contributed by atoms with E-state index in [1.165, 1.54) is 30.2 Å². The standard InChI is InChI=1S/C25H28N2O2/c1-29-25(28)21-10-11-24-23(17-21)22(18-26-24)9-5-6-14-27-15-12-20(13-16-27)19-7-3-2-4-8-19/h2-4,7-8,10-12,17-18,26H,5-6,9,13-16H2,1H3. The fraction of sp³-hybridized carbons (Fsp3) is 0.320. The lowest BCUT2D eigenvalue weighted by Crippen LogP contribution is -2.29. The second-order valence-corrected chi connectivity index (χ2v) is 7.67. The number of rotatable bonds is 7. The molecule has 0 aliphatic carbocycles. The molecule has 1 N–H and O–H groups in total. The number of nitrogens with one attached hydrogen (secondary N) is 1. The molecule has 2 aromatic carbocycles. The van der Waals surface area contributed by atoms with Crippen LogP contribution in [-0.2, 0) is 11.2 Å². The Hall–Kier alpha value is -2.85. The molecule has 1 aliphatic heterocycles. The van der Waals surface area contributed by atoms with Crippen molar-refractivity contribution in [1.29, 1.82) is 0 Å². The molecular formula is C25H28N2O2. The maximum absolute atomic E-state index is 11.8. The van der Waals surface area contributed by atoms with Crippen molar-refractivity contribution in [2.45, 2.75) is 25.7 Å². The van der Waals surface area contributed by atoms with Crippen molar-refractivity contribution >= 4 is 22.4 Å². The third-order valence-corrected chi connectivity index (χ3v) is 5.80. The van der Waals surface area contributed by atoms with Gasteiger partial charge in [-0.15, -0.1) is 0 Å². The molecule has 4 nitrogen and oxygen atoms in total. The summed E-state index contributed by atoms with van der Waals surface area (Å²) in [5.74, 6) is -0.285. The Bertz CT molecular complexity index is 1000. The third kappa shape index (κ3) is 4.60.